The van der Waals surface area contributed by atoms with Gasteiger partial charge in [-0.1, -0.05) is 12.5 Å². The molecule has 1 spiro atoms. The Morgan fingerprint density at radius 3 is 2.57 bits per heavy atom. The Bertz CT molecular complexity index is 1270. The first-order chi connectivity index (χ1) is 21.0. The monoisotopic (exact) mass is 622 g/mol. The van der Waals surface area contributed by atoms with Crippen molar-refractivity contribution in [2.75, 3.05) is 26.7 Å². The smallest absolute Gasteiger partial charge is 0.340 e. The minimum absolute atomic E-state index is 0.0819. The van der Waals surface area contributed by atoms with Gasteiger partial charge in [0, 0.05) is 25.2 Å². The number of carbonyl (C=O) groups is 1. The van der Waals surface area contributed by atoms with Crippen LogP contribution in [0.3, 0.4) is 0 Å². The van der Waals surface area contributed by atoms with E-state index in [2.05, 4.69) is 15.5 Å². The van der Waals surface area contributed by atoms with Gasteiger partial charge in [0.05, 0.1) is 29.0 Å². The standard InChI is InChI=1S/C21H27NO4.C8H15N3O7/c23-14-5-4-13-10-16-21(25)7-6-15(24)19-20(21,17(13)18(14)26-19)8-9-22(16)11-12-2-1-3-12;1-11(10-17)8(16)9-4-6(14)5(13)3(2-12)18-7(4)15/h4-5,12,15-16,19,23-25H,1-3,6-11H2;3-7,12-15H,2H2,1H3,(H,9,16)/t15-,16+,19-,20-,21+;3-,4-,5-,6-,7+/m01/s1. The molecule has 2 bridgehead atoms. The van der Waals surface area contributed by atoms with Gasteiger partial charge in [0.2, 0.25) is 0 Å². The van der Waals surface area contributed by atoms with Crippen LogP contribution in [0.2, 0.25) is 0 Å². The van der Waals surface area contributed by atoms with E-state index < -0.39 is 66.5 Å². The number of phenolic OH excluding ortho intramolecular Hbond substituents is 1. The highest BCUT2D eigenvalue weighted by molar-refractivity contribution is 5.73. The summed E-state index contributed by atoms with van der Waals surface area (Å²) in [5, 5.41) is 75.5. The molecule has 0 aromatic heterocycles. The number of urea groups is 1. The molecule has 44 heavy (non-hydrogen) atoms. The minimum atomic E-state index is -1.63. The van der Waals surface area contributed by atoms with Gasteiger partial charge in [-0.2, -0.15) is 5.01 Å². The summed E-state index contributed by atoms with van der Waals surface area (Å²) < 4.78 is 11.0. The molecule has 0 unspecified atom stereocenters. The third kappa shape index (κ3) is 4.67. The Morgan fingerprint density at radius 2 is 1.91 bits per heavy atom. The molecule has 244 valence electrons. The average molecular weight is 623 g/mol. The van der Waals surface area contributed by atoms with Crippen LogP contribution in [0.4, 0.5) is 4.79 Å². The molecule has 2 saturated carbocycles. The number of carbonyl (C=O) groups excluding carboxylic acids is 1. The summed E-state index contributed by atoms with van der Waals surface area (Å²) in [5.41, 5.74) is 0.712. The van der Waals surface area contributed by atoms with Crippen molar-refractivity contribution in [1.82, 2.24) is 15.2 Å². The van der Waals surface area contributed by atoms with Gasteiger partial charge in [0.15, 0.2) is 17.8 Å². The van der Waals surface area contributed by atoms with Crippen molar-refractivity contribution in [2.45, 2.75) is 105 Å². The molecule has 2 saturated heterocycles. The second-order valence-electron chi connectivity index (χ2n) is 13.1. The number of aromatic hydroxyl groups is 1. The van der Waals surface area contributed by atoms with Crippen molar-refractivity contribution in [1.29, 1.82) is 0 Å². The van der Waals surface area contributed by atoms with Gasteiger partial charge in [0.25, 0.3) is 0 Å². The van der Waals surface area contributed by atoms with E-state index in [1.807, 2.05) is 6.07 Å². The number of amides is 2. The Balaban J connectivity index is 0.000000169. The number of rotatable bonds is 5. The van der Waals surface area contributed by atoms with Gasteiger partial charge in [-0.15, -0.1) is 4.91 Å². The lowest BCUT2D eigenvalue weighted by molar-refractivity contribution is -0.252. The normalized spacial score (nSPS) is 40.4. The van der Waals surface area contributed by atoms with Gasteiger partial charge < -0.3 is 50.5 Å². The number of nitrogens with one attached hydrogen (secondary N) is 1. The highest BCUT2D eigenvalue weighted by atomic mass is 16.6. The molecule has 6 aliphatic rings. The molecule has 10 atom stereocenters. The van der Waals surface area contributed by atoms with E-state index >= 15 is 0 Å². The van der Waals surface area contributed by atoms with Gasteiger partial charge in [-0.3, -0.25) is 4.90 Å². The average Bonchev–Trinajstić information content (AvgIpc) is 3.35. The number of likely N-dealkylation sites (tertiary alicyclic amines) is 1. The van der Waals surface area contributed by atoms with Crippen LogP contribution >= 0.6 is 0 Å². The van der Waals surface area contributed by atoms with E-state index in [9.17, 15) is 40.3 Å². The first kappa shape index (κ1) is 31.4. The Hall–Kier alpha value is -2.63. The molecular formula is C29H42N4O11. The van der Waals surface area contributed by atoms with Gasteiger partial charge in [-0.05, 0) is 62.6 Å². The summed E-state index contributed by atoms with van der Waals surface area (Å²) in [6.07, 6.45) is -0.165. The van der Waals surface area contributed by atoms with Crippen LogP contribution in [0, 0.1) is 10.8 Å². The van der Waals surface area contributed by atoms with Crippen LogP contribution in [-0.4, -0.2) is 133 Å². The number of piperidine rings is 1. The van der Waals surface area contributed by atoms with Crippen LogP contribution in [0.25, 0.3) is 0 Å². The maximum Gasteiger partial charge on any atom is 0.340 e. The highest BCUT2D eigenvalue weighted by Gasteiger charge is 2.72. The summed E-state index contributed by atoms with van der Waals surface area (Å²) in [6, 6.07) is 1.47. The summed E-state index contributed by atoms with van der Waals surface area (Å²) in [6.45, 7) is 1.41. The summed E-state index contributed by atoms with van der Waals surface area (Å²) in [5.74, 6) is 1.42. The van der Waals surface area contributed by atoms with E-state index in [4.69, 9.17) is 14.6 Å². The van der Waals surface area contributed by atoms with Crippen LogP contribution < -0.4 is 10.1 Å². The van der Waals surface area contributed by atoms with Crippen molar-refractivity contribution in [3.8, 4) is 11.5 Å². The van der Waals surface area contributed by atoms with E-state index in [0.29, 0.717) is 23.6 Å². The van der Waals surface area contributed by atoms with Crippen LogP contribution in [0.5, 0.6) is 11.5 Å². The number of nitroso groups, excluding NO2 is 1. The van der Waals surface area contributed by atoms with Crippen molar-refractivity contribution in [3.05, 3.63) is 28.2 Å². The maximum absolute atomic E-state index is 12.1. The second kappa shape index (κ2) is 11.6. The predicted octanol–water partition coefficient (Wildman–Crippen LogP) is -1.18. The number of benzene rings is 1. The lowest BCUT2D eigenvalue weighted by atomic mass is 9.48. The summed E-state index contributed by atoms with van der Waals surface area (Å²) in [4.78, 5) is 23.9. The van der Waals surface area contributed by atoms with Crippen molar-refractivity contribution >= 4 is 6.03 Å². The molecule has 8 N–H and O–H groups in total. The van der Waals surface area contributed by atoms with Crippen molar-refractivity contribution < 1.29 is 50.0 Å². The molecule has 1 aromatic carbocycles. The third-order valence-corrected chi connectivity index (χ3v) is 10.9. The van der Waals surface area contributed by atoms with Crippen LogP contribution in [0.15, 0.2) is 17.4 Å². The first-order valence-electron chi connectivity index (χ1n) is 15.3. The summed E-state index contributed by atoms with van der Waals surface area (Å²) in [7, 11) is 1.07. The quantitative estimate of drug-likeness (QED) is 0.143. The van der Waals surface area contributed by atoms with E-state index in [-0.39, 0.29) is 11.8 Å². The number of nitrogens with zero attached hydrogens (tertiary/aromatic N) is 3. The number of phenols is 1. The predicted molar refractivity (Wildman–Crippen MR) is 151 cm³/mol. The first-order valence-corrected chi connectivity index (χ1v) is 15.3. The SMILES string of the molecule is CN(N=O)C(=O)N[C@@H]1[C@@H](O)[C@H](O)[C@@H](CO)O[C@@H]1O.Oc1ccc2c3c1O[C@H]1[C@@H](O)CC[C@@]4(O)[C@@H](C2)N(CC2CCC2)CC[C@]314. The Kier molecular flexibility index (Phi) is 8.28. The Labute approximate surface area is 253 Å². The minimum Gasteiger partial charge on any atom is -0.504 e. The lowest BCUT2D eigenvalue weighted by Gasteiger charge is -2.64. The largest absolute Gasteiger partial charge is 0.504 e. The molecule has 3 aliphatic heterocycles. The molecule has 4 fully saturated rings. The van der Waals surface area contributed by atoms with E-state index in [1.54, 1.807) is 6.07 Å². The molecule has 15 heteroatoms. The Morgan fingerprint density at radius 1 is 1.16 bits per heavy atom. The number of hydrogen-bond donors (Lipinski definition) is 8. The fourth-order valence-corrected chi connectivity index (χ4v) is 8.36. The zero-order valence-electron chi connectivity index (χ0n) is 24.5. The maximum atomic E-state index is 12.1. The van der Waals surface area contributed by atoms with Crippen LogP contribution in [-0.2, 0) is 16.6 Å². The highest BCUT2D eigenvalue weighted by Crippen LogP contribution is 2.65. The number of aliphatic hydroxyl groups excluding tert-OH is 5. The van der Waals surface area contributed by atoms with Gasteiger partial charge in [-0.25, -0.2) is 4.79 Å². The molecule has 3 aliphatic carbocycles. The zero-order valence-corrected chi connectivity index (χ0v) is 24.5. The van der Waals surface area contributed by atoms with Crippen molar-refractivity contribution in [2.24, 2.45) is 11.2 Å². The molecule has 1 aromatic rings. The van der Waals surface area contributed by atoms with E-state index in [0.717, 1.165) is 44.5 Å². The third-order valence-electron chi connectivity index (χ3n) is 10.9. The molecule has 2 amide bonds. The fraction of sp³-hybridized carbons (Fsp3) is 0.759. The summed E-state index contributed by atoms with van der Waals surface area (Å²) >= 11 is 0. The van der Waals surface area contributed by atoms with E-state index in [1.165, 1.54) is 24.8 Å². The number of hydrogen-bond acceptors (Lipinski definition) is 13. The molecule has 15 nitrogen and oxygen atoms in total. The molecule has 3 heterocycles. The van der Waals surface area contributed by atoms with Crippen LogP contribution in [0.1, 0.15) is 49.7 Å². The topological polar surface area (TPSA) is 225 Å². The number of aliphatic hydroxyl groups is 6. The zero-order chi connectivity index (χ0) is 31.6. The van der Waals surface area contributed by atoms with Crippen molar-refractivity contribution in [3.63, 3.8) is 0 Å². The number of ether oxygens (including phenoxy) is 2. The molecule has 0 radical (unpaired) electrons. The van der Waals surface area contributed by atoms with Gasteiger partial charge >= 0.3 is 6.03 Å². The molecule has 7 rings (SSSR count). The second-order valence-corrected chi connectivity index (χ2v) is 13.1. The van der Waals surface area contributed by atoms with Gasteiger partial charge in [0.1, 0.15) is 30.5 Å². The lowest BCUT2D eigenvalue weighted by Crippen LogP contribution is -2.77. The molecular weight excluding hydrogens is 580 g/mol. The fourth-order valence-electron chi connectivity index (χ4n) is 8.36.